The summed E-state index contributed by atoms with van der Waals surface area (Å²) in [4.78, 5) is 13.6. The Morgan fingerprint density at radius 3 is 2.90 bits per heavy atom. The van der Waals surface area contributed by atoms with Crippen molar-refractivity contribution >= 4 is 16.4 Å². The fourth-order valence-electron chi connectivity index (χ4n) is 2.72. The van der Waals surface area contributed by atoms with E-state index in [1.807, 2.05) is 0 Å². The molecule has 2 bridgehead atoms. The molecule has 0 aromatic carbocycles. The Morgan fingerprint density at radius 1 is 1.52 bits per heavy atom. The van der Waals surface area contributed by atoms with Crippen LogP contribution in [0.25, 0.3) is 0 Å². The highest BCUT2D eigenvalue weighted by atomic mass is 32.3. The van der Waals surface area contributed by atoms with Gasteiger partial charge in [-0.3, -0.25) is 4.55 Å². The van der Waals surface area contributed by atoms with Gasteiger partial charge in [-0.25, -0.2) is 4.79 Å². The van der Waals surface area contributed by atoms with Crippen LogP contribution in [0.1, 0.15) is 30.3 Å². The normalized spacial score (nSPS) is 25.7. The zero-order chi connectivity index (χ0) is 15.2. The maximum Gasteiger partial charge on any atom is 0.418 e. The second-order valence-corrected chi connectivity index (χ2v) is 5.94. The van der Waals surface area contributed by atoms with Crippen LogP contribution in [0.15, 0.2) is 10.6 Å². The van der Waals surface area contributed by atoms with E-state index in [0.717, 1.165) is 0 Å². The topological polar surface area (TPSA) is 139 Å². The summed E-state index contributed by atoms with van der Waals surface area (Å²) in [5.74, 6) is 0.504. The van der Waals surface area contributed by atoms with Crippen LogP contribution in [-0.2, 0) is 21.2 Å². The van der Waals surface area contributed by atoms with Gasteiger partial charge in [0, 0.05) is 12.6 Å². The van der Waals surface area contributed by atoms with E-state index in [-0.39, 0.29) is 12.6 Å². The van der Waals surface area contributed by atoms with Gasteiger partial charge >= 0.3 is 16.4 Å². The molecule has 2 aliphatic heterocycles. The third kappa shape index (κ3) is 2.60. The van der Waals surface area contributed by atoms with Crippen LogP contribution >= 0.6 is 0 Å². The molecule has 0 spiro atoms. The molecule has 1 aromatic rings. The van der Waals surface area contributed by atoms with Crippen molar-refractivity contribution in [1.82, 2.24) is 15.1 Å². The highest BCUT2D eigenvalue weighted by molar-refractivity contribution is 7.80. The summed E-state index contributed by atoms with van der Waals surface area (Å²) in [7, 11) is -4.73. The van der Waals surface area contributed by atoms with E-state index in [1.165, 1.54) is 4.90 Å². The molecule has 2 amide bonds. The van der Waals surface area contributed by atoms with Crippen LogP contribution in [0, 0.1) is 0 Å². The largest absolute Gasteiger partial charge is 0.418 e. The van der Waals surface area contributed by atoms with Gasteiger partial charge in [-0.2, -0.15) is 13.5 Å². The van der Waals surface area contributed by atoms with Gasteiger partial charge in [-0.15, -0.1) is 4.28 Å². The lowest BCUT2D eigenvalue weighted by Gasteiger charge is -2.28. The lowest BCUT2D eigenvalue weighted by atomic mass is 9.98. The Morgan fingerprint density at radius 2 is 2.29 bits per heavy atom. The molecule has 3 rings (SSSR count). The zero-order valence-electron chi connectivity index (χ0n) is 10.9. The lowest BCUT2D eigenvalue weighted by Crippen LogP contribution is -2.35. The number of urea groups is 1. The van der Waals surface area contributed by atoms with Crippen LogP contribution < -0.4 is 5.73 Å². The van der Waals surface area contributed by atoms with Crippen molar-refractivity contribution in [2.24, 2.45) is 5.73 Å². The molecule has 2 fully saturated rings. The molecule has 3 N–H and O–H groups in total. The van der Waals surface area contributed by atoms with Gasteiger partial charge in [-0.1, -0.05) is 5.16 Å². The summed E-state index contributed by atoms with van der Waals surface area (Å²) < 4.78 is 39.7. The van der Waals surface area contributed by atoms with Crippen molar-refractivity contribution in [1.29, 1.82) is 0 Å². The van der Waals surface area contributed by atoms with Crippen molar-refractivity contribution in [2.45, 2.75) is 31.5 Å². The summed E-state index contributed by atoms with van der Waals surface area (Å²) in [5.41, 5.74) is 6.02. The summed E-state index contributed by atoms with van der Waals surface area (Å²) in [5, 5.41) is 4.58. The molecule has 116 valence electrons. The number of nitrogens with zero attached hydrogens (tertiary/aromatic N) is 3. The van der Waals surface area contributed by atoms with Gasteiger partial charge in [0.05, 0.1) is 18.6 Å². The molecule has 3 heterocycles. The van der Waals surface area contributed by atoms with Crippen molar-refractivity contribution in [3.8, 4) is 0 Å². The van der Waals surface area contributed by atoms with Crippen LogP contribution in [-0.4, -0.2) is 46.7 Å². The number of fused-ring (bicyclic) bond motifs is 2. The SMILES string of the molecule is NCc1cc(C2CCC3CN2C(=O)N3OS(=O)(=O)O)no1. The number of nitrogens with two attached hydrogens (primary N) is 1. The predicted octanol–water partition coefficient (Wildman–Crippen LogP) is -0.191. The number of amides is 2. The maximum absolute atomic E-state index is 12.2. The summed E-state index contributed by atoms with van der Waals surface area (Å²) in [6.07, 6.45) is 1.10. The summed E-state index contributed by atoms with van der Waals surface area (Å²) in [6.45, 7) is 0.498. The standard InChI is InChI=1S/C10H14N4O6S/c11-4-7-3-8(12-19-7)9-2-1-6-5-13(9)10(15)14(6)20-21(16,17)18/h3,6,9H,1-2,4-5,11H2,(H,16,17,18). The van der Waals surface area contributed by atoms with Crippen molar-refractivity contribution in [3.05, 3.63) is 17.5 Å². The Bertz CT molecular complexity index is 658. The first-order valence-electron chi connectivity index (χ1n) is 6.31. The van der Waals surface area contributed by atoms with E-state index in [4.69, 9.17) is 14.8 Å². The smallest absolute Gasteiger partial charge is 0.360 e. The van der Waals surface area contributed by atoms with Crippen LogP contribution in [0.5, 0.6) is 0 Å². The van der Waals surface area contributed by atoms with E-state index in [2.05, 4.69) is 9.44 Å². The lowest BCUT2D eigenvalue weighted by molar-refractivity contribution is -0.0317. The van der Waals surface area contributed by atoms with Gasteiger partial charge in [0.2, 0.25) is 0 Å². The summed E-state index contributed by atoms with van der Waals surface area (Å²) in [6, 6.07) is 0.298. The minimum atomic E-state index is -4.73. The predicted molar refractivity (Wildman–Crippen MR) is 66.7 cm³/mol. The number of rotatable bonds is 4. The van der Waals surface area contributed by atoms with Crippen molar-refractivity contribution < 1.29 is 26.6 Å². The van der Waals surface area contributed by atoms with Crippen LogP contribution in [0.2, 0.25) is 0 Å². The Hall–Kier alpha value is -1.69. The van der Waals surface area contributed by atoms with E-state index in [9.17, 15) is 13.2 Å². The third-order valence-corrected chi connectivity index (χ3v) is 3.97. The molecule has 11 heteroatoms. The first-order chi connectivity index (χ1) is 9.89. The van der Waals surface area contributed by atoms with E-state index in [1.54, 1.807) is 6.07 Å². The average molecular weight is 318 g/mol. The second-order valence-electron chi connectivity index (χ2n) is 4.93. The third-order valence-electron chi connectivity index (χ3n) is 3.62. The molecule has 2 unspecified atom stereocenters. The molecular weight excluding hydrogens is 304 g/mol. The minimum absolute atomic E-state index is 0.203. The van der Waals surface area contributed by atoms with Crippen LogP contribution in [0.4, 0.5) is 4.79 Å². The molecular formula is C10H14N4O6S. The number of carbonyl (C=O) groups is 1. The number of piperidine rings is 1. The van der Waals surface area contributed by atoms with Crippen LogP contribution in [0.3, 0.4) is 0 Å². The van der Waals surface area contributed by atoms with E-state index >= 15 is 0 Å². The highest BCUT2D eigenvalue weighted by Crippen LogP contribution is 2.38. The molecule has 0 saturated carbocycles. The monoisotopic (exact) mass is 318 g/mol. The molecule has 1 aromatic heterocycles. The number of hydrogen-bond acceptors (Lipinski definition) is 7. The number of hydrogen-bond donors (Lipinski definition) is 2. The molecule has 21 heavy (non-hydrogen) atoms. The van der Waals surface area contributed by atoms with Gasteiger partial charge in [0.25, 0.3) is 0 Å². The average Bonchev–Trinajstić information content (AvgIpc) is 2.98. The Balaban J connectivity index is 1.82. The van der Waals surface area contributed by atoms with Gasteiger partial charge in [0.1, 0.15) is 5.69 Å². The molecule has 2 aliphatic rings. The fourth-order valence-corrected chi connectivity index (χ4v) is 3.11. The molecule has 0 aliphatic carbocycles. The summed E-state index contributed by atoms with van der Waals surface area (Å²) >= 11 is 0. The molecule has 2 saturated heterocycles. The van der Waals surface area contributed by atoms with Crippen molar-refractivity contribution in [3.63, 3.8) is 0 Å². The number of aromatic nitrogens is 1. The van der Waals surface area contributed by atoms with Crippen molar-refractivity contribution in [2.75, 3.05) is 6.54 Å². The first kappa shape index (κ1) is 14.3. The number of hydroxylamine groups is 2. The van der Waals surface area contributed by atoms with E-state index in [0.29, 0.717) is 35.9 Å². The molecule has 10 nitrogen and oxygen atoms in total. The molecule has 0 radical (unpaired) electrons. The second kappa shape index (κ2) is 4.94. The fraction of sp³-hybridized carbons (Fsp3) is 0.600. The first-order valence-corrected chi connectivity index (χ1v) is 7.68. The molecule has 2 atom stereocenters. The maximum atomic E-state index is 12.2. The van der Waals surface area contributed by atoms with Gasteiger partial charge < -0.3 is 15.2 Å². The van der Waals surface area contributed by atoms with Gasteiger partial charge in [0.15, 0.2) is 5.76 Å². The number of carbonyl (C=O) groups excluding carboxylic acids is 1. The minimum Gasteiger partial charge on any atom is -0.360 e. The Labute approximate surface area is 120 Å². The highest BCUT2D eigenvalue weighted by Gasteiger charge is 2.48. The van der Waals surface area contributed by atoms with Gasteiger partial charge in [-0.05, 0) is 12.8 Å². The zero-order valence-corrected chi connectivity index (χ0v) is 11.7. The Kier molecular flexibility index (Phi) is 3.36. The quantitative estimate of drug-likeness (QED) is 0.728. The van der Waals surface area contributed by atoms with E-state index < -0.39 is 22.5 Å².